The van der Waals surface area contributed by atoms with Crippen LogP contribution >= 0.6 is 0 Å². The topological polar surface area (TPSA) is 99.6 Å². The molecule has 1 unspecified atom stereocenters. The number of phenolic OH excluding ortho intramolecular Hbond substituents is 1. The van der Waals surface area contributed by atoms with Gasteiger partial charge in [-0.2, -0.15) is 5.10 Å². The van der Waals surface area contributed by atoms with Crippen LogP contribution in [0.25, 0.3) is 11.3 Å². The highest BCUT2D eigenvalue weighted by Crippen LogP contribution is 2.36. The number of nitrogens with zero attached hydrogens (tertiary/aromatic N) is 2. The Bertz CT molecular complexity index is 1150. The second-order valence-corrected chi connectivity index (χ2v) is 7.69. The molecule has 0 bridgehead atoms. The zero-order valence-corrected chi connectivity index (χ0v) is 17.5. The summed E-state index contributed by atoms with van der Waals surface area (Å²) in [5, 5.41) is 15.0. The van der Waals surface area contributed by atoms with Crippen molar-refractivity contribution in [3.63, 3.8) is 0 Å². The Morgan fingerprint density at radius 2 is 2.00 bits per heavy atom. The Morgan fingerprint density at radius 3 is 2.67 bits per heavy atom. The summed E-state index contributed by atoms with van der Waals surface area (Å²) in [6.45, 7) is 0.560. The number of aromatic hydroxyl groups is 1. The Hall–Kier alpha value is -3.53. The van der Waals surface area contributed by atoms with E-state index in [9.17, 15) is 23.1 Å². The molecule has 7 nitrogen and oxygen atoms in total. The van der Waals surface area contributed by atoms with Crippen molar-refractivity contribution in [3.8, 4) is 22.8 Å². The van der Waals surface area contributed by atoms with E-state index < -0.39 is 18.0 Å². The largest absolute Gasteiger partial charge is 0.573 e. The zero-order valence-electron chi connectivity index (χ0n) is 17.5. The molecular formula is C23H22F3N3O4. The van der Waals surface area contributed by atoms with Gasteiger partial charge in [-0.05, 0) is 43.5 Å². The number of ether oxygens (including phenoxy) is 2. The number of carbonyl (C=O) groups is 1. The number of benzene rings is 2. The van der Waals surface area contributed by atoms with Crippen LogP contribution in [-0.4, -0.2) is 33.8 Å². The van der Waals surface area contributed by atoms with Crippen molar-refractivity contribution >= 4 is 5.91 Å². The highest BCUT2D eigenvalue weighted by Gasteiger charge is 2.34. The van der Waals surface area contributed by atoms with Crippen molar-refractivity contribution in [2.45, 2.75) is 38.3 Å². The summed E-state index contributed by atoms with van der Waals surface area (Å²) in [6.07, 6.45) is -2.87. The van der Waals surface area contributed by atoms with Crippen LogP contribution in [0.5, 0.6) is 11.5 Å². The van der Waals surface area contributed by atoms with Gasteiger partial charge in [-0.1, -0.05) is 24.3 Å². The molecule has 0 saturated carbocycles. The molecule has 3 N–H and O–H groups in total. The molecule has 33 heavy (non-hydrogen) atoms. The lowest BCUT2D eigenvalue weighted by Gasteiger charge is -2.24. The number of rotatable bonds is 6. The van der Waals surface area contributed by atoms with Crippen LogP contribution in [0.2, 0.25) is 0 Å². The van der Waals surface area contributed by atoms with E-state index in [1.807, 2.05) is 0 Å². The quantitative estimate of drug-likeness (QED) is 0.561. The third kappa shape index (κ3) is 5.11. The van der Waals surface area contributed by atoms with Gasteiger partial charge in [-0.3, -0.25) is 4.79 Å². The third-order valence-corrected chi connectivity index (χ3v) is 5.35. The first-order valence-corrected chi connectivity index (χ1v) is 10.4. The molecule has 1 atom stereocenters. The van der Waals surface area contributed by atoms with E-state index in [1.165, 1.54) is 18.2 Å². The number of amides is 1. The summed E-state index contributed by atoms with van der Waals surface area (Å²) < 4.78 is 50.8. The minimum atomic E-state index is -5.00. The van der Waals surface area contributed by atoms with Gasteiger partial charge in [0.15, 0.2) is 6.23 Å². The molecule has 1 fully saturated rings. The summed E-state index contributed by atoms with van der Waals surface area (Å²) in [5.41, 5.74) is 6.49. The first-order valence-electron chi connectivity index (χ1n) is 10.4. The number of aromatic nitrogens is 2. The highest BCUT2D eigenvalue weighted by molar-refractivity contribution is 5.96. The monoisotopic (exact) mass is 461 g/mol. The molecule has 1 saturated heterocycles. The van der Waals surface area contributed by atoms with Crippen molar-refractivity contribution in [1.82, 2.24) is 9.78 Å². The summed E-state index contributed by atoms with van der Waals surface area (Å²) >= 11 is 0. The maximum Gasteiger partial charge on any atom is 0.573 e. The van der Waals surface area contributed by atoms with Gasteiger partial charge in [-0.15, -0.1) is 13.2 Å². The average Bonchev–Trinajstić information content (AvgIpc) is 3.18. The fourth-order valence-corrected chi connectivity index (χ4v) is 3.91. The molecular weight excluding hydrogens is 439 g/mol. The van der Waals surface area contributed by atoms with Crippen LogP contribution < -0.4 is 10.5 Å². The Kier molecular flexibility index (Phi) is 6.28. The van der Waals surface area contributed by atoms with E-state index in [4.69, 9.17) is 10.5 Å². The maximum absolute atomic E-state index is 13.0. The van der Waals surface area contributed by atoms with Gasteiger partial charge >= 0.3 is 6.36 Å². The fraction of sp³-hybridized carbons (Fsp3) is 0.304. The number of nitrogens with two attached hydrogens (primary N) is 1. The summed E-state index contributed by atoms with van der Waals surface area (Å²) in [5.74, 6) is -1.64. The average molecular weight is 461 g/mol. The lowest BCUT2D eigenvalue weighted by Crippen LogP contribution is -2.22. The predicted molar refractivity (Wildman–Crippen MR) is 113 cm³/mol. The molecule has 1 aromatic heterocycles. The maximum atomic E-state index is 13.0. The van der Waals surface area contributed by atoms with Crippen LogP contribution in [0.4, 0.5) is 13.2 Å². The molecule has 4 rings (SSSR count). The van der Waals surface area contributed by atoms with Gasteiger partial charge in [0.2, 0.25) is 0 Å². The van der Waals surface area contributed by atoms with Gasteiger partial charge in [0.25, 0.3) is 5.91 Å². The van der Waals surface area contributed by atoms with Crippen LogP contribution in [0.3, 0.4) is 0 Å². The van der Waals surface area contributed by atoms with Crippen LogP contribution in [-0.2, 0) is 11.2 Å². The number of primary amides is 1. The number of hydrogen-bond donors (Lipinski definition) is 2. The molecule has 0 spiro atoms. The van der Waals surface area contributed by atoms with E-state index in [2.05, 4.69) is 9.84 Å². The highest BCUT2D eigenvalue weighted by atomic mass is 19.4. The number of para-hydroxylation sites is 2. The molecule has 2 heterocycles. The standard InChI is InChI=1S/C23H22F3N3O4/c24-23(25,26)33-21-14(6-5-8-17(21)22(27)31)12-15-13-18(16-7-1-2-9-19(16)30)29(28-15)20-10-3-4-11-32-20/h1-2,5-9,13,20,30H,3-4,10-12H2,(H2,27,31). The van der Waals surface area contributed by atoms with E-state index in [0.29, 0.717) is 30.0 Å². The van der Waals surface area contributed by atoms with Gasteiger partial charge in [0.05, 0.1) is 17.0 Å². The zero-order chi connectivity index (χ0) is 23.6. The predicted octanol–water partition coefficient (Wildman–Crippen LogP) is 4.54. The smallest absolute Gasteiger partial charge is 0.507 e. The summed E-state index contributed by atoms with van der Waals surface area (Å²) in [4.78, 5) is 11.7. The van der Waals surface area contributed by atoms with Crippen molar-refractivity contribution < 1.29 is 32.5 Å². The number of halogens is 3. The summed E-state index contributed by atoms with van der Waals surface area (Å²) in [6, 6.07) is 12.4. The Labute approximate surface area is 187 Å². The molecule has 3 aromatic rings. The van der Waals surface area contributed by atoms with Crippen LogP contribution in [0.15, 0.2) is 48.5 Å². The minimum Gasteiger partial charge on any atom is -0.507 e. The van der Waals surface area contributed by atoms with E-state index in [0.717, 1.165) is 12.8 Å². The number of phenols is 1. The van der Waals surface area contributed by atoms with Gasteiger partial charge < -0.3 is 20.3 Å². The molecule has 1 amide bonds. The van der Waals surface area contributed by atoms with E-state index in [1.54, 1.807) is 35.0 Å². The molecule has 0 radical (unpaired) electrons. The van der Waals surface area contributed by atoms with Crippen molar-refractivity contribution in [2.75, 3.05) is 6.61 Å². The molecule has 174 valence electrons. The number of alkyl halides is 3. The Balaban J connectivity index is 1.77. The molecule has 2 aromatic carbocycles. The first-order chi connectivity index (χ1) is 15.7. The second kappa shape index (κ2) is 9.14. The fourth-order valence-electron chi connectivity index (χ4n) is 3.91. The van der Waals surface area contributed by atoms with E-state index >= 15 is 0 Å². The molecule has 0 aliphatic carbocycles. The third-order valence-electron chi connectivity index (χ3n) is 5.35. The second-order valence-electron chi connectivity index (χ2n) is 7.69. The lowest BCUT2D eigenvalue weighted by atomic mass is 10.0. The minimum absolute atomic E-state index is 0.0397. The Morgan fingerprint density at radius 1 is 1.21 bits per heavy atom. The number of carbonyl (C=O) groups excluding carboxylic acids is 1. The van der Waals surface area contributed by atoms with Crippen LogP contribution in [0.1, 0.15) is 47.1 Å². The van der Waals surface area contributed by atoms with E-state index in [-0.39, 0.29) is 29.5 Å². The van der Waals surface area contributed by atoms with Crippen molar-refractivity contribution in [1.29, 1.82) is 0 Å². The normalized spacial score (nSPS) is 16.5. The van der Waals surface area contributed by atoms with Crippen molar-refractivity contribution in [2.24, 2.45) is 5.73 Å². The molecule has 1 aliphatic heterocycles. The van der Waals surface area contributed by atoms with Gasteiger partial charge in [0.1, 0.15) is 11.5 Å². The van der Waals surface area contributed by atoms with Crippen LogP contribution in [0, 0.1) is 0 Å². The lowest BCUT2D eigenvalue weighted by molar-refractivity contribution is -0.275. The first kappa shape index (κ1) is 22.7. The van der Waals surface area contributed by atoms with Crippen molar-refractivity contribution in [3.05, 3.63) is 65.4 Å². The number of hydrogen-bond acceptors (Lipinski definition) is 5. The van der Waals surface area contributed by atoms with Gasteiger partial charge in [-0.25, -0.2) is 4.68 Å². The molecule has 10 heteroatoms. The molecule has 1 aliphatic rings. The SMILES string of the molecule is NC(=O)c1cccc(Cc2cc(-c3ccccc3O)n(C3CCCCO3)n2)c1OC(F)(F)F. The summed E-state index contributed by atoms with van der Waals surface area (Å²) in [7, 11) is 0. The van der Waals surface area contributed by atoms with Gasteiger partial charge in [0, 0.05) is 24.2 Å².